The standard InChI is InChI=1S/C17H22FNO/c1-4-10-19-16(13-9-11-20-12-13)17(2,3)14-5-7-15(18)8-6-14/h5-9,11-12,16,19H,4,10H2,1-3H3. The first-order valence-electron chi connectivity index (χ1n) is 7.07. The van der Waals surface area contributed by atoms with Crippen LogP contribution < -0.4 is 5.32 Å². The van der Waals surface area contributed by atoms with Gasteiger partial charge in [0, 0.05) is 17.0 Å². The molecule has 0 saturated heterocycles. The molecule has 2 nitrogen and oxygen atoms in total. The fraction of sp³-hybridized carbons (Fsp3) is 0.412. The van der Waals surface area contributed by atoms with Gasteiger partial charge in [-0.2, -0.15) is 0 Å². The van der Waals surface area contributed by atoms with Gasteiger partial charge < -0.3 is 9.73 Å². The maximum Gasteiger partial charge on any atom is 0.123 e. The molecule has 2 aromatic rings. The van der Waals surface area contributed by atoms with Crippen LogP contribution in [0.1, 0.15) is 44.4 Å². The van der Waals surface area contributed by atoms with Crippen molar-refractivity contribution in [3.8, 4) is 0 Å². The molecule has 0 amide bonds. The van der Waals surface area contributed by atoms with E-state index in [9.17, 15) is 4.39 Å². The minimum atomic E-state index is -0.203. The van der Waals surface area contributed by atoms with Gasteiger partial charge in [-0.05, 0) is 36.7 Å². The summed E-state index contributed by atoms with van der Waals surface area (Å²) in [5.74, 6) is -0.203. The number of halogens is 1. The number of benzene rings is 1. The van der Waals surface area contributed by atoms with Crippen LogP contribution in [0.4, 0.5) is 4.39 Å². The molecule has 3 heteroatoms. The molecule has 1 atom stereocenters. The molecule has 108 valence electrons. The van der Waals surface area contributed by atoms with Gasteiger partial charge in [0.25, 0.3) is 0 Å². The second-order valence-corrected chi connectivity index (χ2v) is 5.67. The molecule has 20 heavy (non-hydrogen) atoms. The fourth-order valence-corrected chi connectivity index (χ4v) is 2.56. The lowest BCUT2D eigenvalue weighted by molar-refractivity contribution is 0.345. The Balaban J connectivity index is 2.32. The molecule has 1 N–H and O–H groups in total. The van der Waals surface area contributed by atoms with Crippen LogP contribution in [-0.2, 0) is 5.41 Å². The van der Waals surface area contributed by atoms with Crippen LogP contribution in [0.3, 0.4) is 0 Å². The predicted octanol–water partition coefficient (Wildman–Crippen LogP) is 4.44. The van der Waals surface area contributed by atoms with Crippen LogP contribution in [0.2, 0.25) is 0 Å². The molecule has 0 spiro atoms. The molecule has 0 saturated carbocycles. The summed E-state index contributed by atoms with van der Waals surface area (Å²) in [6.07, 6.45) is 4.53. The molecular formula is C17H22FNO. The molecule has 2 rings (SSSR count). The highest BCUT2D eigenvalue weighted by atomic mass is 19.1. The monoisotopic (exact) mass is 275 g/mol. The third-order valence-electron chi connectivity index (χ3n) is 3.78. The first-order valence-corrected chi connectivity index (χ1v) is 7.07. The summed E-state index contributed by atoms with van der Waals surface area (Å²) in [5.41, 5.74) is 2.06. The fourth-order valence-electron chi connectivity index (χ4n) is 2.56. The highest BCUT2D eigenvalue weighted by molar-refractivity contribution is 5.30. The van der Waals surface area contributed by atoms with E-state index in [1.807, 2.05) is 18.2 Å². The van der Waals surface area contributed by atoms with Gasteiger partial charge in [0.2, 0.25) is 0 Å². The summed E-state index contributed by atoms with van der Waals surface area (Å²) in [6.45, 7) is 7.41. The van der Waals surface area contributed by atoms with Crippen molar-refractivity contribution in [3.05, 3.63) is 59.8 Å². The average Bonchev–Trinajstić information content (AvgIpc) is 2.93. The van der Waals surface area contributed by atoms with E-state index in [1.165, 1.54) is 12.1 Å². The quantitative estimate of drug-likeness (QED) is 0.843. The average molecular weight is 275 g/mol. The number of furan rings is 1. The molecule has 0 aliphatic carbocycles. The van der Waals surface area contributed by atoms with Crippen LogP contribution >= 0.6 is 0 Å². The van der Waals surface area contributed by atoms with Crippen molar-refractivity contribution in [2.75, 3.05) is 6.54 Å². The molecule has 0 aliphatic rings. The summed E-state index contributed by atoms with van der Waals surface area (Å²) in [7, 11) is 0. The van der Waals surface area contributed by atoms with E-state index in [0.29, 0.717) is 0 Å². The van der Waals surface area contributed by atoms with Crippen LogP contribution in [0.5, 0.6) is 0 Å². The van der Waals surface area contributed by atoms with E-state index < -0.39 is 0 Å². The molecule has 0 fully saturated rings. The Labute approximate surface area is 120 Å². The zero-order valence-electron chi connectivity index (χ0n) is 12.3. The highest BCUT2D eigenvalue weighted by Gasteiger charge is 2.32. The van der Waals surface area contributed by atoms with Gasteiger partial charge in [0.05, 0.1) is 12.5 Å². The smallest absolute Gasteiger partial charge is 0.123 e. The summed E-state index contributed by atoms with van der Waals surface area (Å²) < 4.78 is 18.3. The second kappa shape index (κ2) is 6.23. The summed E-state index contributed by atoms with van der Waals surface area (Å²) in [5, 5.41) is 3.57. The van der Waals surface area contributed by atoms with E-state index in [2.05, 4.69) is 26.1 Å². The molecule has 0 aliphatic heterocycles. The van der Waals surface area contributed by atoms with E-state index in [-0.39, 0.29) is 17.3 Å². The minimum absolute atomic E-state index is 0.131. The normalized spacial score (nSPS) is 13.4. The van der Waals surface area contributed by atoms with Crippen LogP contribution in [0.25, 0.3) is 0 Å². The Morgan fingerprint density at radius 2 is 1.90 bits per heavy atom. The van der Waals surface area contributed by atoms with Gasteiger partial charge in [0.1, 0.15) is 5.82 Å². The van der Waals surface area contributed by atoms with E-state index >= 15 is 0 Å². The van der Waals surface area contributed by atoms with Crippen molar-refractivity contribution < 1.29 is 8.81 Å². The molecular weight excluding hydrogens is 253 g/mol. The van der Waals surface area contributed by atoms with Gasteiger partial charge in [0.15, 0.2) is 0 Å². The highest BCUT2D eigenvalue weighted by Crippen LogP contribution is 2.37. The van der Waals surface area contributed by atoms with Gasteiger partial charge in [-0.25, -0.2) is 4.39 Å². The maximum absolute atomic E-state index is 13.1. The van der Waals surface area contributed by atoms with Gasteiger partial charge >= 0.3 is 0 Å². The van der Waals surface area contributed by atoms with Gasteiger partial charge in [-0.1, -0.05) is 32.9 Å². The number of hydrogen-bond acceptors (Lipinski definition) is 2. The number of rotatable bonds is 6. The van der Waals surface area contributed by atoms with E-state index in [4.69, 9.17) is 4.42 Å². The SMILES string of the molecule is CCCNC(c1ccoc1)C(C)(C)c1ccc(F)cc1. The van der Waals surface area contributed by atoms with Crippen molar-refractivity contribution in [3.63, 3.8) is 0 Å². The van der Waals surface area contributed by atoms with Crippen LogP contribution in [-0.4, -0.2) is 6.54 Å². The Morgan fingerprint density at radius 1 is 1.20 bits per heavy atom. The second-order valence-electron chi connectivity index (χ2n) is 5.67. The van der Waals surface area contributed by atoms with Gasteiger partial charge in [-0.3, -0.25) is 0 Å². The molecule has 1 heterocycles. The minimum Gasteiger partial charge on any atom is -0.472 e. The first kappa shape index (κ1) is 14.8. The third-order valence-corrected chi connectivity index (χ3v) is 3.78. The Morgan fingerprint density at radius 3 is 2.45 bits per heavy atom. The topological polar surface area (TPSA) is 25.2 Å². The summed E-state index contributed by atoms with van der Waals surface area (Å²) in [4.78, 5) is 0. The van der Waals surface area contributed by atoms with Crippen molar-refractivity contribution in [2.45, 2.75) is 38.6 Å². The third kappa shape index (κ3) is 3.10. The zero-order valence-corrected chi connectivity index (χ0v) is 12.3. The lowest BCUT2D eigenvalue weighted by Gasteiger charge is -2.35. The Kier molecular flexibility index (Phi) is 4.61. The molecule has 0 radical (unpaired) electrons. The molecule has 1 unspecified atom stereocenters. The zero-order chi connectivity index (χ0) is 14.6. The molecule has 0 bridgehead atoms. The van der Waals surface area contributed by atoms with E-state index in [0.717, 1.165) is 24.1 Å². The number of hydrogen-bond donors (Lipinski definition) is 1. The van der Waals surface area contributed by atoms with Crippen molar-refractivity contribution >= 4 is 0 Å². The summed E-state index contributed by atoms with van der Waals surface area (Å²) >= 11 is 0. The Hall–Kier alpha value is -1.61. The lowest BCUT2D eigenvalue weighted by Crippen LogP contribution is -2.37. The van der Waals surface area contributed by atoms with Gasteiger partial charge in [-0.15, -0.1) is 0 Å². The van der Waals surface area contributed by atoms with Crippen molar-refractivity contribution in [1.29, 1.82) is 0 Å². The van der Waals surface area contributed by atoms with Crippen molar-refractivity contribution in [2.24, 2.45) is 0 Å². The molecule has 1 aromatic carbocycles. The summed E-state index contributed by atoms with van der Waals surface area (Å²) in [6, 6.07) is 8.86. The van der Waals surface area contributed by atoms with Crippen molar-refractivity contribution in [1.82, 2.24) is 5.32 Å². The predicted molar refractivity (Wildman–Crippen MR) is 79.2 cm³/mol. The maximum atomic E-state index is 13.1. The largest absolute Gasteiger partial charge is 0.472 e. The molecule has 1 aromatic heterocycles. The first-order chi connectivity index (χ1) is 9.55. The number of nitrogens with one attached hydrogen (secondary N) is 1. The van der Waals surface area contributed by atoms with Crippen LogP contribution in [0, 0.1) is 5.82 Å². The van der Waals surface area contributed by atoms with E-state index in [1.54, 1.807) is 12.5 Å². The Bertz CT molecular complexity index is 516. The van der Waals surface area contributed by atoms with Crippen LogP contribution in [0.15, 0.2) is 47.3 Å². The lowest BCUT2D eigenvalue weighted by atomic mass is 9.75.